The molecule has 1 aliphatic rings. The van der Waals surface area contributed by atoms with E-state index < -0.39 is 98.0 Å². The molecule has 14 heteroatoms. The number of carbonyl (C=O) groups is 4. The van der Waals surface area contributed by atoms with E-state index in [1.165, 1.54) is 13.8 Å². The number of amides is 1. The molecule has 33 heavy (non-hydrogen) atoms. The van der Waals surface area contributed by atoms with Gasteiger partial charge in [-0.05, 0) is 27.2 Å². The van der Waals surface area contributed by atoms with Crippen molar-refractivity contribution in [1.82, 2.24) is 4.90 Å². The largest absolute Gasteiger partial charge is 0.481 e. The second-order valence-corrected chi connectivity index (χ2v) is 8.08. The molecule has 0 aliphatic carbocycles. The molecule has 14 nitrogen and oxygen atoms in total. The van der Waals surface area contributed by atoms with Crippen molar-refractivity contribution >= 4 is 23.6 Å². The van der Waals surface area contributed by atoms with Crippen LogP contribution in [0, 0.1) is 0 Å². The van der Waals surface area contributed by atoms with Gasteiger partial charge in [0.2, 0.25) is 5.91 Å². The van der Waals surface area contributed by atoms with Crippen LogP contribution in [-0.4, -0.2) is 116 Å². The van der Waals surface area contributed by atoms with Gasteiger partial charge in [-0.2, -0.15) is 0 Å². The van der Waals surface area contributed by atoms with Gasteiger partial charge in [-0.1, -0.05) is 0 Å². The molecule has 1 heterocycles. The summed E-state index contributed by atoms with van der Waals surface area (Å²) in [5, 5.41) is 48.5. The number of ketones is 1. The Morgan fingerprint density at radius 1 is 1.18 bits per heavy atom. The molecule has 0 aromatic carbocycles. The predicted molar refractivity (Wildman–Crippen MR) is 110 cm³/mol. The van der Waals surface area contributed by atoms with Gasteiger partial charge in [-0.25, -0.2) is 4.79 Å². The average Bonchev–Trinajstić information content (AvgIpc) is 2.71. The number of aliphatic hydroxyl groups excluding tert-OH is 3. The van der Waals surface area contributed by atoms with Gasteiger partial charge in [0.25, 0.3) is 0 Å². The highest BCUT2D eigenvalue weighted by Crippen LogP contribution is 2.28. The molecule has 1 fully saturated rings. The third kappa shape index (κ3) is 6.44. The molecule has 1 unspecified atom stereocenters. The number of carbonyl (C=O) groups excluding carboxylic acids is 2. The van der Waals surface area contributed by atoms with Gasteiger partial charge in [0.05, 0.1) is 24.8 Å². The zero-order valence-corrected chi connectivity index (χ0v) is 18.7. The Balaban J connectivity index is 3.31. The number of nitrogens with two attached hydrogens (primary N) is 2. The first-order chi connectivity index (χ1) is 15.2. The Hall–Kier alpha value is -2.20. The molecule has 1 aliphatic heterocycles. The lowest BCUT2D eigenvalue weighted by Crippen LogP contribution is -2.66. The number of ether oxygens (including phenoxy) is 2. The topological polar surface area (TPSA) is 243 Å². The SMILES string of the molecule is CC(=O)[C@](CCC(=O)O)(C(=O)O)N(CC(C)O[C@@H]1[C@@H](N)[C@@H](O)O[C@H](CO)[C@H]1O)C(=O)[C@H](C)N. The van der Waals surface area contributed by atoms with E-state index in [1.54, 1.807) is 0 Å². The molecular formula is C19H33N3O11. The first-order valence-corrected chi connectivity index (χ1v) is 10.3. The van der Waals surface area contributed by atoms with Crippen molar-refractivity contribution in [2.75, 3.05) is 13.2 Å². The first-order valence-electron chi connectivity index (χ1n) is 10.3. The second-order valence-electron chi connectivity index (χ2n) is 8.08. The summed E-state index contributed by atoms with van der Waals surface area (Å²) in [6.07, 6.45) is -8.09. The maximum atomic E-state index is 12.9. The number of rotatable bonds is 12. The smallest absolute Gasteiger partial charge is 0.337 e. The number of nitrogens with zero attached hydrogens (tertiary/aromatic N) is 1. The van der Waals surface area contributed by atoms with E-state index in [9.17, 15) is 39.6 Å². The number of aliphatic carboxylic acids is 2. The minimum Gasteiger partial charge on any atom is -0.481 e. The predicted octanol–water partition coefficient (Wildman–Crippen LogP) is -3.39. The molecule has 9 N–H and O–H groups in total. The zero-order chi connectivity index (χ0) is 25.7. The van der Waals surface area contributed by atoms with Crippen LogP contribution in [0.4, 0.5) is 0 Å². The molecule has 0 aromatic heterocycles. The summed E-state index contributed by atoms with van der Waals surface area (Å²) in [5.74, 6) is -5.05. The number of hydrogen-bond donors (Lipinski definition) is 7. The van der Waals surface area contributed by atoms with Gasteiger partial charge >= 0.3 is 11.9 Å². The molecule has 0 bridgehead atoms. The Kier molecular flexibility index (Phi) is 10.3. The maximum absolute atomic E-state index is 12.9. The number of aliphatic hydroxyl groups is 3. The third-order valence-corrected chi connectivity index (χ3v) is 5.50. The molecule has 190 valence electrons. The molecule has 8 atom stereocenters. The van der Waals surface area contributed by atoms with E-state index in [0.29, 0.717) is 4.90 Å². The van der Waals surface area contributed by atoms with Gasteiger partial charge in [-0.3, -0.25) is 14.4 Å². The summed E-state index contributed by atoms with van der Waals surface area (Å²) < 4.78 is 10.7. The summed E-state index contributed by atoms with van der Waals surface area (Å²) in [4.78, 5) is 49.4. The molecule has 1 amide bonds. The minimum atomic E-state index is -2.54. The third-order valence-electron chi connectivity index (χ3n) is 5.50. The van der Waals surface area contributed by atoms with Crippen LogP contribution in [0.15, 0.2) is 0 Å². The summed E-state index contributed by atoms with van der Waals surface area (Å²) >= 11 is 0. The van der Waals surface area contributed by atoms with Crippen molar-refractivity contribution in [3.63, 3.8) is 0 Å². The second kappa shape index (κ2) is 11.8. The normalized spacial score (nSPS) is 28.9. The van der Waals surface area contributed by atoms with Gasteiger partial charge in [0.1, 0.15) is 18.3 Å². The van der Waals surface area contributed by atoms with E-state index >= 15 is 0 Å². The molecular weight excluding hydrogens is 446 g/mol. The highest BCUT2D eigenvalue weighted by Gasteiger charge is 2.52. The minimum absolute atomic E-state index is 0.539. The monoisotopic (exact) mass is 479 g/mol. The standard InChI is InChI=1S/C19H33N3O11/c1-8(32-15-13(21)17(29)33-11(7-23)14(15)27)6-22(16(28)9(2)20)19(10(3)24,18(30)31)5-4-12(25)26/h8-9,11,13-15,17,23,27,29H,4-7,20-21H2,1-3H3,(H,25,26)(H,30,31)/t8?,9-,11+,13+,14+,15+,17-,19+/m0/s1. The van der Waals surface area contributed by atoms with Crippen molar-refractivity contribution < 1.29 is 54.2 Å². The summed E-state index contributed by atoms with van der Waals surface area (Å²) in [6, 6.07) is -2.50. The van der Waals surface area contributed by atoms with Crippen molar-refractivity contribution in [1.29, 1.82) is 0 Å². The molecule has 1 saturated heterocycles. The molecule has 0 spiro atoms. The highest BCUT2D eigenvalue weighted by atomic mass is 16.6. The van der Waals surface area contributed by atoms with Crippen molar-refractivity contribution in [3.05, 3.63) is 0 Å². The number of Topliss-reactive ketones (excluding diaryl/α,β-unsaturated/α-hetero) is 1. The Bertz CT molecular complexity index is 718. The lowest BCUT2D eigenvalue weighted by atomic mass is 9.86. The van der Waals surface area contributed by atoms with Crippen LogP contribution in [0.25, 0.3) is 0 Å². The van der Waals surface area contributed by atoms with Crippen molar-refractivity contribution in [2.24, 2.45) is 11.5 Å². The van der Waals surface area contributed by atoms with E-state index in [2.05, 4.69) is 0 Å². The van der Waals surface area contributed by atoms with E-state index in [4.69, 9.17) is 26.0 Å². The van der Waals surface area contributed by atoms with Crippen molar-refractivity contribution in [3.8, 4) is 0 Å². The lowest BCUT2D eigenvalue weighted by Gasteiger charge is -2.44. The number of carboxylic acid groups (broad SMARTS) is 2. The van der Waals surface area contributed by atoms with Crippen LogP contribution < -0.4 is 11.5 Å². The molecule has 1 rings (SSSR count). The Morgan fingerprint density at radius 3 is 2.18 bits per heavy atom. The van der Waals surface area contributed by atoms with Crippen LogP contribution in [-0.2, 0) is 28.7 Å². The molecule has 0 radical (unpaired) electrons. The van der Waals surface area contributed by atoms with Gasteiger partial charge in [0, 0.05) is 13.0 Å². The quantitative estimate of drug-likeness (QED) is 0.135. The molecule has 0 saturated carbocycles. The Morgan fingerprint density at radius 2 is 1.76 bits per heavy atom. The number of carboxylic acids is 2. The van der Waals surface area contributed by atoms with Gasteiger partial charge < -0.3 is 51.4 Å². The van der Waals surface area contributed by atoms with E-state index in [1.807, 2.05) is 0 Å². The maximum Gasteiger partial charge on any atom is 0.337 e. The fraction of sp³-hybridized carbons (Fsp3) is 0.789. The van der Waals surface area contributed by atoms with Crippen LogP contribution in [0.5, 0.6) is 0 Å². The van der Waals surface area contributed by atoms with Crippen LogP contribution in [0.3, 0.4) is 0 Å². The van der Waals surface area contributed by atoms with Crippen molar-refractivity contribution in [2.45, 2.75) is 81.9 Å². The fourth-order valence-electron chi connectivity index (χ4n) is 3.68. The fourth-order valence-corrected chi connectivity index (χ4v) is 3.68. The van der Waals surface area contributed by atoms with Crippen LogP contribution in [0.2, 0.25) is 0 Å². The van der Waals surface area contributed by atoms with Crippen LogP contribution >= 0.6 is 0 Å². The van der Waals surface area contributed by atoms with Crippen LogP contribution in [0.1, 0.15) is 33.6 Å². The zero-order valence-electron chi connectivity index (χ0n) is 18.7. The number of hydrogen-bond acceptors (Lipinski definition) is 11. The van der Waals surface area contributed by atoms with E-state index in [-0.39, 0.29) is 0 Å². The Labute approximate surface area is 190 Å². The summed E-state index contributed by atoms with van der Waals surface area (Å²) in [5.41, 5.74) is 8.95. The first kappa shape index (κ1) is 28.8. The van der Waals surface area contributed by atoms with Gasteiger partial charge in [0.15, 0.2) is 17.6 Å². The van der Waals surface area contributed by atoms with E-state index in [0.717, 1.165) is 6.92 Å². The summed E-state index contributed by atoms with van der Waals surface area (Å²) in [6.45, 7) is 2.38. The highest BCUT2D eigenvalue weighted by molar-refractivity contribution is 6.10. The lowest BCUT2D eigenvalue weighted by molar-refractivity contribution is -0.263. The molecule has 0 aromatic rings. The summed E-state index contributed by atoms with van der Waals surface area (Å²) in [7, 11) is 0. The average molecular weight is 479 g/mol. The van der Waals surface area contributed by atoms with Gasteiger partial charge in [-0.15, -0.1) is 0 Å².